The summed E-state index contributed by atoms with van der Waals surface area (Å²) in [5.74, 6) is -0.843. The molecule has 0 aromatic heterocycles. The smallest absolute Gasteiger partial charge is 0.317 e. The summed E-state index contributed by atoms with van der Waals surface area (Å²) in [6.45, 7) is 3.87. The maximum Gasteiger partial charge on any atom is 0.317 e. The van der Waals surface area contributed by atoms with Crippen LogP contribution in [0.25, 0.3) is 0 Å². The largest absolute Gasteiger partial charge is 0.481 e. The third-order valence-corrected chi connectivity index (χ3v) is 3.77. The Kier molecular flexibility index (Phi) is 4.99. The van der Waals surface area contributed by atoms with Crippen LogP contribution in [-0.2, 0) is 4.79 Å². The van der Waals surface area contributed by atoms with Gasteiger partial charge < -0.3 is 15.3 Å². The van der Waals surface area contributed by atoms with Crippen LogP contribution in [0.3, 0.4) is 0 Å². The quantitative estimate of drug-likeness (QED) is 0.810. The van der Waals surface area contributed by atoms with Crippen LogP contribution in [0, 0.1) is 0 Å². The van der Waals surface area contributed by atoms with E-state index in [0.717, 1.165) is 32.1 Å². The SMILES string of the molecule is CC(C)N(C)C(=O)NC1(CC(=O)O)CCCCC1. The van der Waals surface area contributed by atoms with Crippen molar-refractivity contribution in [2.45, 2.75) is 64.0 Å². The first-order valence-corrected chi connectivity index (χ1v) is 6.63. The van der Waals surface area contributed by atoms with E-state index in [4.69, 9.17) is 5.11 Å². The van der Waals surface area contributed by atoms with Gasteiger partial charge >= 0.3 is 12.0 Å². The van der Waals surface area contributed by atoms with Crippen LogP contribution in [0.4, 0.5) is 4.79 Å². The highest BCUT2D eigenvalue weighted by molar-refractivity contribution is 5.77. The van der Waals surface area contributed by atoms with E-state index in [2.05, 4.69) is 5.32 Å². The van der Waals surface area contributed by atoms with Crippen LogP contribution in [0.5, 0.6) is 0 Å². The Labute approximate surface area is 109 Å². The van der Waals surface area contributed by atoms with E-state index >= 15 is 0 Å². The van der Waals surface area contributed by atoms with E-state index in [9.17, 15) is 9.59 Å². The fraction of sp³-hybridized carbons (Fsp3) is 0.846. The summed E-state index contributed by atoms with van der Waals surface area (Å²) in [5.41, 5.74) is -0.551. The standard InChI is InChI=1S/C13H24N2O3/c1-10(2)15(3)12(18)14-13(9-11(16)17)7-5-4-6-8-13/h10H,4-9H2,1-3H3,(H,14,18)(H,16,17). The Morgan fingerprint density at radius 1 is 1.28 bits per heavy atom. The minimum atomic E-state index is -0.843. The Balaban J connectivity index is 2.72. The molecule has 1 fully saturated rings. The zero-order valence-corrected chi connectivity index (χ0v) is 11.5. The lowest BCUT2D eigenvalue weighted by Gasteiger charge is -2.38. The maximum absolute atomic E-state index is 12.1. The number of rotatable bonds is 4. The van der Waals surface area contributed by atoms with E-state index in [0.29, 0.717) is 0 Å². The highest BCUT2D eigenvalue weighted by Gasteiger charge is 2.36. The molecule has 0 aromatic carbocycles. The number of urea groups is 1. The fourth-order valence-corrected chi connectivity index (χ4v) is 2.41. The molecule has 0 aliphatic heterocycles. The Hall–Kier alpha value is -1.26. The van der Waals surface area contributed by atoms with Crippen LogP contribution >= 0.6 is 0 Å². The predicted octanol–water partition coefficient (Wildman–Crippen LogP) is 2.21. The average Bonchev–Trinajstić information content (AvgIpc) is 2.27. The van der Waals surface area contributed by atoms with E-state index in [-0.39, 0.29) is 18.5 Å². The zero-order valence-electron chi connectivity index (χ0n) is 11.5. The molecule has 0 saturated heterocycles. The van der Waals surface area contributed by atoms with Gasteiger partial charge in [0.25, 0.3) is 0 Å². The molecule has 5 heteroatoms. The number of carboxylic acid groups (broad SMARTS) is 1. The second-order valence-electron chi connectivity index (χ2n) is 5.55. The van der Waals surface area contributed by atoms with Gasteiger partial charge in [-0.3, -0.25) is 4.79 Å². The van der Waals surface area contributed by atoms with E-state index in [1.807, 2.05) is 13.8 Å². The van der Waals surface area contributed by atoms with E-state index in [1.54, 1.807) is 11.9 Å². The summed E-state index contributed by atoms with van der Waals surface area (Å²) < 4.78 is 0. The molecule has 2 N–H and O–H groups in total. The van der Waals surface area contributed by atoms with Crippen LogP contribution < -0.4 is 5.32 Å². The van der Waals surface area contributed by atoms with Gasteiger partial charge in [-0.15, -0.1) is 0 Å². The third-order valence-electron chi connectivity index (χ3n) is 3.77. The van der Waals surface area contributed by atoms with Crippen LogP contribution in [0.2, 0.25) is 0 Å². The first-order valence-electron chi connectivity index (χ1n) is 6.63. The Bertz CT molecular complexity index is 309. The first kappa shape index (κ1) is 14.8. The van der Waals surface area contributed by atoms with Gasteiger partial charge in [0.15, 0.2) is 0 Å². The molecule has 1 saturated carbocycles. The molecule has 1 rings (SSSR count). The highest BCUT2D eigenvalue weighted by Crippen LogP contribution is 2.31. The van der Waals surface area contributed by atoms with Crippen molar-refractivity contribution in [3.63, 3.8) is 0 Å². The molecule has 0 spiro atoms. The van der Waals surface area contributed by atoms with Crippen LogP contribution in [0.1, 0.15) is 52.4 Å². The van der Waals surface area contributed by atoms with Crippen LogP contribution in [-0.4, -0.2) is 40.6 Å². The first-order chi connectivity index (χ1) is 8.36. The monoisotopic (exact) mass is 256 g/mol. The van der Waals surface area contributed by atoms with Crippen LogP contribution in [0.15, 0.2) is 0 Å². The molecule has 104 valence electrons. The molecular formula is C13H24N2O3. The summed E-state index contributed by atoms with van der Waals surface area (Å²) in [5, 5.41) is 12.0. The molecule has 2 amide bonds. The van der Waals surface area contributed by atoms with Crippen molar-refractivity contribution in [2.24, 2.45) is 0 Å². The number of nitrogens with zero attached hydrogens (tertiary/aromatic N) is 1. The molecule has 1 aliphatic carbocycles. The number of hydrogen-bond acceptors (Lipinski definition) is 2. The topological polar surface area (TPSA) is 69.6 Å². The molecule has 0 aromatic rings. The molecular weight excluding hydrogens is 232 g/mol. The number of carboxylic acids is 1. The molecule has 0 atom stereocenters. The van der Waals surface area contributed by atoms with Crippen molar-refractivity contribution in [1.82, 2.24) is 10.2 Å². The van der Waals surface area contributed by atoms with Crippen molar-refractivity contribution in [2.75, 3.05) is 7.05 Å². The number of aliphatic carboxylic acids is 1. The number of carbonyl (C=O) groups is 2. The summed E-state index contributed by atoms with van der Waals surface area (Å²) in [7, 11) is 1.73. The lowest BCUT2D eigenvalue weighted by molar-refractivity contribution is -0.139. The summed E-state index contributed by atoms with van der Waals surface area (Å²) in [6, 6.07) is -0.0661. The second kappa shape index (κ2) is 6.07. The highest BCUT2D eigenvalue weighted by atomic mass is 16.4. The predicted molar refractivity (Wildman–Crippen MR) is 69.5 cm³/mol. The van der Waals surface area contributed by atoms with Crippen molar-refractivity contribution in [1.29, 1.82) is 0 Å². The minimum Gasteiger partial charge on any atom is -0.481 e. The van der Waals surface area contributed by atoms with Gasteiger partial charge in [-0.2, -0.15) is 0 Å². The van der Waals surface area contributed by atoms with Gasteiger partial charge in [-0.05, 0) is 26.7 Å². The van der Waals surface area contributed by atoms with Gasteiger partial charge in [0.1, 0.15) is 0 Å². The van der Waals surface area contributed by atoms with Gasteiger partial charge in [-0.1, -0.05) is 19.3 Å². The van der Waals surface area contributed by atoms with Crippen molar-refractivity contribution in [3.8, 4) is 0 Å². The molecule has 0 radical (unpaired) electrons. The maximum atomic E-state index is 12.1. The number of hydrogen-bond donors (Lipinski definition) is 2. The zero-order chi connectivity index (χ0) is 13.8. The number of carbonyl (C=O) groups excluding carboxylic acids is 1. The fourth-order valence-electron chi connectivity index (χ4n) is 2.41. The van der Waals surface area contributed by atoms with Crippen molar-refractivity contribution in [3.05, 3.63) is 0 Å². The summed E-state index contributed by atoms with van der Waals surface area (Å²) in [6.07, 6.45) is 4.63. The van der Waals surface area contributed by atoms with Gasteiger partial charge in [0.2, 0.25) is 0 Å². The molecule has 0 heterocycles. The Morgan fingerprint density at radius 3 is 2.28 bits per heavy atom. The molecule has 18 heavy (non-hydrogen) atoms. The molecule has 5 nitrogen and oxygen atoms in total. The second-order valence-corrected chi connectivity index (χ2v) is 5.55. The van der Waals surface area contributed by atoms with E-state index < -0.39 is 11.5 Å². The molecule has 1 aliphatic rings. The Morgan fingerprint density at radius 2 is 1.83 bits per heavy atom. The molecule has 0 bridgehead atoms. The average molecular weight is 256 g/mol. The normalized spacial score (nSPS) is 18.4. The lowest BCUT2D eigenvalue weighted by atomic mass is 9.79. The number of nitrogens with one attached hydrogen (secondary N) is 1. The minimum absolute atomic E-state index is 0.0185. The van der Waals surface area contributed by atoms with Crippen molar-refractivity contribution < 1.29 is 14.7 Å². The van der Waals surface area contributed by atoms with E-state index in [1.165, 1.54) is 0 Å². The van der Waals surface area contributed by atoms with Gasteiger partial charge in [0.05, 0.1) is 12.0 Å². The number of amides is 2. The lowest BCUT2D eigenvalue weighted by Crippen LogP contribution is -2.55. The third kappa shape index (κ3) is 3.89. The van der Waals surface area contributed by atoms with Gasteiger partial charge in [0, 0.05) is 13.1 Å². The van der Waals surface area contributed by atoms with Crippen molar-refractivity contribution >= 4 is 12.0 Å². The van der Waals surface area contributed by atoms with Gasteiger partial charge in [-0.25, -0.2) is 4.79 Å². The summed E-state index contributed by atoms with van der Waals surface area (Å²) in [4.78, 5) is 24.7. The summed E-state index contributed by atoms with van der Waals surface area (Å²) >= 11 is 0. The molecule has 0 unspecified atom stereocenters.